The third kappa shape index (κ3) is 4.40. The summed E-state index contributed by atoms with van der Waals surface area (Å²) in [7, 11) is 0. The van der Waals surface area contributed by atoms with Gasteiger partial charge in [0.25, 0.3) is 12.4 Å². The second-order valence-electron chi connectivity index (χ2n) is 5.53. The number of carboxylic acid groups (broad SMARTS) is 1. The zero-order valence-electron chi connectivity index (χ0n) is 13.4. The number of β-amino-alcohol motifs (C(OH)–C–C–N with tert-alkyl or cyclic N) is 1. The average Bonchev–Trinajstić information content (AvgIpc) is 3.16. The second kappa shape index (κ2) is 8.90. The lowest BCUT2D eigenvalue weighted by Gasteiger charge is -2.35. The van der Waals surface area contributed by atoms with E-state index < -0.39 is 6.10 Å². The molecule has 134 valence electrons. The van der Waals surface area contributed by atoms with Gasteiger partial charge in [-0.25, -0.2) is 4.98 Å². The third-order valence-corrected chi connectivity index (χ3v) is 4.07. The van der Waals surface area contributed by atoms with Gasteiger partial charge in [0.2, 0.25) is 0 Å². The number of piperidine rings is 1. The van der Waals surface area contributed by atoms with Gasteiger partial charge in [-0.05, 0) is 12.5 Å². The molecule has 3 rings (SSSR count). The van der Waals surface area contributed by atoms with E-state index in [0.717, 1.165) is 0 Å². The minimum Gasteiger partial charge on any atom is -0.483 e. The highest BCUT2D eigenvalue weighted by Gasteiger charge is 2.31. The molecule has 0 unspecified atom stereocenters. The van der Waals surface area contributed by atoms with Gasteiger partial charge >= 0.3 is 0 Å². The lowest BCUT2D eigenvalue weighted by molar-refractivity contribution is -0.122. The Morgan fingerprint density at radius 1 is 1.40 bits per heavy atom. The monoisotopic (exact) mass is 348 g/mol. The van der Waals surface area contributed by atoms with Crippen LogP contribution in [0, 0.1) is 5.92 Å². The molecule has 2 atom stereocenters. The number of rotatable bonds is 3. The molecule has 25 heavy (non-hydrogen) atoms. The van der Waals surface area contributed by atoms with Crippen molar-refractivity contribution >= 4 is 12.4 Å². The van der Waals surface area contributed by atoms with E-state index in [9.17, 15) is 15.0 Å². The number of nitrogens with one attached hydrogen (secondary N) is 1. The molecule has 1 amide bonds. The maximum absolute atomic E-state index is 12.7. The van der Waals surface area contributed by atoms with Crippen molar-refractivity contribution in [1.29, 1.82) is 0 Å². The first-order valence-electron chi connectivity index (χ1n) is 7.73. The van der Waals surface area contributed by atoms with Gasteiger partial charge in [-0.1, -0.05) is 18.2 Å². The molecule has 4 N–H and O–H groups in total. The van der Waals surface area contributed by atoms with Gasteiger partial charge in [0, 0.05) is 31.2 Å². The minimum atomic E-state index is -0.694. The van der Waals surface area contributed by atoms with Crippen LogP contribution < -0.4 is 0 Å². The van der Waals surface area contributed by atoms with E-state index >= 15 is 0 Å². The minimum absolute atomic E-state index is 0.0577. The SMILES string of the molecule is O=C(c1ccccc1-c1ncn[nH]1)N1CC[C@H](CO)[C@@H](O)C1.O=CO. The molecule has 0 bridgehead atoms. The van der Waals surface area contributed by atoms with E-state index in [-0.39, 0.29) is 31.4 Å². The number of aromatic amines is 1. The molecule has 1 aliphatic heterocycles. The number of H-pyrrole nitrogens is 1. The molecule has 2 heterocycles. The fraction of sp³-hybridized carbons (Fsp3) is 0.375. The fourth-order valence-corrected chi connectivity index (χ4v) is 2.76. The largest absolute Gasteiger partial charge is 0.483 e. The molecule has 0 spiro atoms. The number of carbonyl (C=O) groups excluding carboxylic acids is 1. The highest BCUT2D eigenvalue weighted by atomic mass is 16.3. The highest BCUT2D eigenvalue weighted by Crippen LogP contribution is 2.24. The van der Waals surface area contributed by atoms with Crippen LogP contribution in [-0.2, 0) is 4.79 Å². The molecule has 9 heteroatoms. The Labute approximate surface area is 143 Å². The molecule has 0 radical (unpaired) electrons. The number of likely N-dealkylation sites (tertiary alicyclic amines) is 1. The number of aromatic nitrogens is 3. The first kappa shape index (κ1) is 18.6. The maximum Gasteiger partial charge on any atom is 0.290 e. The van der Waals surface area contributed by atoms with Crippen molar-refractivity contribution in [2.24, 2.45) is 5.92 Å². The highest BCUT2D eigenvalue weighted by molar-refractivity contribution is 6.00. The van der Waals surface area contributed by atoms with Crippen molar-refractivity contribution in [3.05, 3.63) is 36.2 Å². The number of amides is 1. The first-order chi connectivity index (χ1) is 12.1. The van der Waals surface area contributed by atoms with Gasteiger partial charge in [-0.2, -0.15) is 5.10 Å². The number of aliphatic hydroxyl groups is 2. The number of hydrogen-bond donors (Lipinski definition) is 4. The number of hydrogen-bond acceptors (Lipinski definition) is 6. The maximum atomic E-state index is 12.7. The Bertz CT molecular complexity index is 692. The summed E-state index contributed by atoms with van der Waals surface area (Å²) in [5, 5.41) is 32.7. The van der Waals surface area contributed by atoms with Crippen molar-refractivity contribution in [2.45, 2.75) is 12.5 Å². The average molecular weight is 348 g/mol. The summed E-state index contributed by atoms with van der Waals surface area (Å²) in [6.07, 6.45) is 1.29. The van der Waals surface area contributed by atoms with E-state index in [1.807, 2.05) is 12.1 Å². The number of benzene rings is 1. The quantitative estimate of drug-likeness (QED) is 0.572. The van der Waals surface area contributed by atoms with Gasteiger partial charge in [-0.3, -0.25) is 14.7 Å². The molecule has 1 aromatic carbocycles. The molecule has 0 aliphatic carbocycles. The van der Waals surface area contributed by atoms with Gasteiger partial charge in [-0.15, -0.1) is 0 Å². The van der Waals surface area contributed by atoms with Gasteiger partial charge in [0.05, 0.1) is 11.7 Å². The smallest absolute Gasteiger partial charge is 0.290 e. The summed E-state index contributed by atoms with van der Waals surface area (Å²) in [4.78, 5) is 26.8. The zero-order chi connectivity index (χ0) is 18.2. The van der Waals surface area contributed by atoms with Crippen LogP contribution in [0.15, 0.2) is 30.6 Å². The Balaban J connectivity index is 0.000000701. The summed E-state index contributed by atoms with van der Waals surface area (Å²) in [6.45, 7) is 0.443. The van der Waals surface area contributed by atoms with Crippen LogP contribution in [0.25, 0.3) is 11.4 Å². The molecule has 1 saturated heterocycles. The van der Waals surface area contributed by atoms with E-state index in [2.05, 4.69) is 15.2 Å². The summed E-state index contributed by atoms with van der Waals surface area (Å²) in [5.41, 5.74) is 1.21. The first-order valence-corrected chi connectivity index (χ1v) is 7.73. The van der Waals surface area contributed by atoms with E-state index in [1.165, 1.54) is 6.33 Å². The Kier molecular flexibility index (Phi) is 6.61. The van der Waals surface area contributed by atoms with Crippen LogP contribution in [0.1, 0.15) is 16.8 Å². The van der Waals surface area contributed by atoms with Crippen LogP contribution in [0.4, 0.5) is 0 Å². The number of carbonyl (C=O) groups is 2. The Morgan fingerprint density at radius 3 is 2.72 bits per heavy atom. The molecule has 9 nitrogen and oxygen atoms in total. The molecule has 1 fully saturated rings. The molecule has 1 aromatic heterocycles. The van der Waals surface area contributed by atoms with Crippen LogP contribution in [0.3, 0.4) is 0 Å². The van der Waals surface area contributed by atoms with E-state index in [0.29, 0.717) is 29.9 Å². The van der Waals surface area contributed by atoms with Crippen molar-refractivity contribution in [1.82, 2.24) is 20.1 Å². The van der Waals surface area contributed by atoms with Gasteiger partial charge in [0.15, 0.2) is 5.82 Å². The van der Waals surface area contributed by atoms with E-state index in [4.69, 9.17) is 9.90 Å². The number of aliphatic hydroxyl groups excluding tert-OH is 2. The Morgan fingerprint density at radius 2 is 2.12 bits per heavy atom. The summed E-state index contributed by atoms with van der Waals surface area (Å²) in [5.74, 6) is 0.228. The topological polar surface area (TPSA) is 140 Å². The molecule has 1 aliphatic rings. The van der Waals surface area contributed by atoms with Crippen molar-refractivity contribution < 1.29 is 24.9 Å². The van der Waals surface area contributed by atoms with Crippen LogP contribution in [0.2, 0.25) is 0 Å². The normalized spacial score (nSPS) is 19.7. The van der Waals surface area contributed by atoms with Crippen molar-refractivity contribution in [3.63, 3.8) is 0 Å². The lowest BCUT2D eigenvalue weighted by atomic mass is 9.94. The van der Waals surface area contributed by atoms with Crippen LogP contribution >= 0.6 is 0 Å². The molecule has 2 aromatic rings. The van der Waals surface area contributed by atoms with E-state index in [1.54, 1.807) is 17.0 Å². The standard InChI is InChI=1S/C15H18N4O3.CH2O2/c20-8-10-5-6-19(7-13(10)21)15(22)12-4-2-1-3-11(12)14-16-9-17-18-14;2-1-3/h1-4,9-10,13,20-21H,5-8H2,(H,16,17,18);1H,(H,2,3)/t10-,13+;/m1./s1. The summed E-state index contributed by atoms with van der Waals surface area (Å²) < 4.78 is 0. The predicted octanol–water partition coefficient (Wildman–Crippen LogP) is -0.0122. The zero-order valence-corrected chi connectivity index (χ0v) is 13.4. The van der Waals surface area contributed by atoms with Crippen molar-refractivity contribution in [3.8, 4) is 11.4 Å². The third-order valence-electron chi connectivity index (χ3n) is 4.07. The lowest BCUT2D eigenvalue weighted by Crippen LogP contribution is -2.47. The summed E-state index contributed by atoms with van der Waals surface area (Å²) >= 11 is 0. The molecular formula is C16H20N4O5. The van der Waals surface area contributed by atoms with Crippen LogP contribution in [0.5, 0.6) is 0 Å². The van der Waals surface area contributed by atoms with Gasteiger partial charge < -0.3 is 20.2 Å². The predicted molar refractivity (Wildman–Crippen MR) is 87.6 cm³/mol. The fourth-order valence-electron chi connectivity index (χ4n) is 2.76. The molecule has 0 saturated carbocycles. The summed E-state index contributed by atoms with van der Waals surface area (Å²) in [6, 6.07) is 7.18. The Hall–Kier alpha value is -2.78. The second-order valence-corrected chi connectivity index (χ2v) is 5.53. The molecular weight excluding hydrogens is 328 g/mol. The van der Waals surface area contributed by atoms with Gasteiger partial charge in [0.1, 0.15) is 6.33 Å². The van der Waals surface area contributed by atoms with Crippen molar-refractivity contribution in [2.75, 3.05) is 19.7 Å². The number of nitrogens with zero attached hydrogens (tertiary/aromatic N) is 3. The van der Waals surface area contributed by atoms with Crippen LogP contribution in [-0.4, -0.2) is 73.6 Å².